The minimum Gasteiger partial charge on any atom is -0.465 e. The molecule has 1 aromatic carbocycles. The third-order valence-corrected chi connectivity index (χ3v) is 4.22. The van der Waals surface area contributed by atoms with Crippen LogP contribution in [0.3, 0.4) is 0 Å². The highest BCUT2D eigenvalue weighted by molar-refractivity contribution is 5.76. The van der Waals surface area contributed by atoms with E-state index in [-0.39, 0.29) is 11.9 Å². The van der Waals surface area contributed by atoms with Gasteiger partial charge in [-0.05, 0) is 44.6 Å². The van der Waals surface area contributed by atoms with Gasteiger partial charge in [0.25, 0.3) is 0 Å². The van der Waals surface area contributed by atoms with Crippen molar-refractivity contribution in [1.29, 1.82) is 5.26 Å². The Morgan fingerprint density at radius 3 is 2.73 bits per heavy atom. The van der Waals surface area contributed by atoms with E-state index in [1.807, 2.05) is 18.2 Å². The maximum Gasteiger partial charge on any atom is 0.323 e. The van der Waals surface area contributed by atoms with E-state index in [9.17, 15) is 10.1 Å². The van der Waals surface area contributed by atoms with Crippen LogP contribution < -0.4 is 0 Å². The number of carbonyl (C=O) groups is 1. The summed E-state index contributed by atoms with van der Waals surface area (Å²) in [6.45, 7) is 2.10. The lowest BCUT2D eigenvalue weighted by Gasteiger charge is -2.22. The Bertz CT molecular complexity index is 557. The molecule has 0 aliphatic heterocycles. The quantitative estimate of drug-likeness (QED) is 0.563. The molecule has 1 aromatic rings. The van der Waals surface area contributed by atoms with Crippen molar-refractivity contribution >= 4 is 5.97 Å². The summed E-state index contributed by atoms with van der Waals surface area (Å²) in [6, 6.07) is 12.4. The van der Waals surface area contributed by atoms with Gasteiger partial charge in [0.15, 0.2) is 5.92 Å². The number of esters is 1. The van der Waals surface area contributed by atoms with Crippen molar-refractivity contribution in [3.05, 3.63) is 47.5 Å². The Balaban J connectivity index is 2.11. The Hall–Kier alpha value is -2.08. The highest BCUT2D eigenvalue weighted by Gasteiger charge is 2.32. The lowest BCUT2D eigenvalue weighted by atomic mass is 9.82. The molecule has 3 heteroatoms. The first-order valence-corrected chi connectivity index (χ1v) is 8.05. The average Bonchev–Trinajstić information content (AvgIpc) is 3.06. The molecule has 22 heavy (non-hydrogen) atoms. The van der Waals surface area contributed by atoms with E-state index < -0.39 is 5.92 Å². The number of nitrogens with zero attached hydrogens (tertiary/aromatic N) is 1. The topological polar surface area (TPSA) is 50.1 Å². The summed E-state index contributed by atoms with van der Waals surface area (Å²) < 4.78 is 5.10. The molecule has 0 heterocycles. The average molecular weight is 297 g/mol. The maximum absolute atomic E-state index is 12.1. The molecule has 2 rings (SSSR count). The number of benzene rings is 1. The molecule has 2 atom stereocenters. The molecule has 0 bridgehead atoms. The zero-order valence-electron chi connectivity index (χ0n) is 13.1. The van der Waals surface area contributed by atoms with Gasteiger partial charge >= 0.3 is 5.97 Å². The molecule has 1 unspecified atom stereocenters. The number of ether oxygens (including phenoxy) is 1. The van der Waals surface area contributed by atoms with Crippen LogP contribution in [0.15, 0.2) is 42.0 Å². The van der Waals surface area contributed by atoms with E-state index >= 15 is 0 Å². The van der Waals surface area contributed by atoms with Gasteiger partial charge in [-0.2, -0.15) is 5.26 Å². The van der Waals surface area contributed by atoms with Crippen LogP contribution in [0.2, 0.25) is 0 Å². The fraction of sp³-hybridized carbons (Fsp3) is 0.474. The molecular formula is C19H23NO2. The summed E-state index contributed by atoms with van der Waals surface area (Å²) in [4.78, 5) is 12.1. The Morgan fingerprint density at radius 2 is 2.14 bits per heavy atom. The van der Waals surface area contributed by atoms with Crippen molar-refractivity contribution in [3.63, 3.8) is 0 Å². The Morgan fingerprint density at radius 1 is 1.36 bits per heavy atom. The predicted octanol–water partition coefficient (Wildman–Crippen LogP) is 4.05. The van der Waals surface area contributed by atoms with E-state index in [1.54, 1.807) is 6.92 Å². The minimum absolute atomic E-state index is 0.0215. The van der Waals surface area contributed by atoms with Crippen molar-refractivity contribution in [3.8, 4) is 6.07 Å². The van der Waals surface area contributed by atoms with Crippen LogP contribution in [0.25, 0.3) is 0 Å². The van der Waals surface area contributed by atoms with Gasteiger partial charge in [0.1, 0.15) is 0 Å². The molecule has 0 saturated carbocycles. The van der Waals surface area contributed by atoms with Gasteiger partial charge in [-0.1, -0.05) is 42.0 Å². The van der Waals surface area contributed by atoms with Crippen LogP contribution in [0.4, 0.5) is 0 Å². The van der Waals surface area contributed by atoms with E-state index in [0.29, 0.717) is 6.61 Å². The second kappa shape index (κ2) is 8.38. The van der Waals surface area contributed by atoms with Crippen LogP contribution in [0, 0.1) is 23.2 Å². The van der Waals surface area contributed by atoms with Gasteiger partial charge < -0.3 is 4.74 Å². The van der Waals surface area contributed by atoms with Crippen molar-refractivity contribution in [2.75, 3.05) is 6.61 Å². The molecule has 0 aromatic heterocycles. The number of rotatable bonds is 7. The zero-order chi connectivity index (χ0) is 15.8. The molecule has 0 radical (unpaired) electrons. The first-order chi connectivity index (χ1) is 10.8. The van der Waals surface area contributed by atoms with E-state index in [1.165, 1.54) is 11.1 Å². The first kappa shape index (κ1) is 16.3. The third kappa shape index (κ3) is 4.21. The first-order valence-electron chi connectivity index (χ1n) is 8.05. The third-order valence-electron chi connectivity index (χ3n) is 4.22. The van der Waals surface area contributed by atoms with Crippen molar-refractivity contribution in [2.45, 2.75) is 39.0 Å². The smallest absolute Gasteiger partial charge is 0.323 e. The number of hydrogen-bond acceptors (Lipinski definition) is 3. The lowest BCUT2D eigenvalue weighted by molar-refractivity contribution is -0.147. The fourth-order valence-electron chi connectivity index (χ4n) is 3.10. The molecule has 0 amide bonds. The normalized spacial score (nSPS) is 16.5. The molecule has 1 aliphatic carbocycles. The van der Waals surface area contributed by atoms with E-state index in [2.05, 4.69) is 24.3 Å². The van der Waals surface area contributed by atoms with Crippen molar-refractivity contribution < 1.29 is 9.53 Å². The summed E-state index contributed by atoms with van der Waals surface area (Å²) >= 11 is 0. The highest BCUT2D eigenvalue weighted by Crippen LogP contribution is 2.34. The van der Waals surface area contributed by atoms with Crippen molar-refractivity contribution in [2.24, 2.45) is 11.8 Å². The summed E-state index contributed by atoms with van der Waals surface area (Å²) in [6.07, 6.45) is 7.07. The summed E-state index contributed by atoms with van der Waals surface area (Å²) in [5, 5.41) is 9.47. The molecule has 116 valence electrons. The lowest BCUT2D eigenvalue weighted by Crippen LogP contribution is -2.26. The number of hydrogen-bond donors (Lipinski definition) is 0. The van der Waals surface area contributed by atoms with E-state index in [0.717, 1.165) is 32.1 Å². The number of carbonyl (C=O) groups excluding carboxylic acids is 1. The molecular weight excluding hydrogens is 274 g/mol. The van der Waals surface area contributed by atoms with E-state index in [4.69, 9.17) is 4.74 Å². The van der Waals surface area contributed by atoms with Gasteiger partial charge in [-0.25, -0.2) is 0 Å². The van der Waals surface area contributed by atoms with Gasteiger partial charge in [0, 0.05) is 5.92 Å². The van der Waals surface area contributed by atoms with Crippen LogP contribution in [0.5, 0.6) is 0 Å². The Labute approximate surface area is 132 Å². The van der Waals surface area contributed by atoms with Gasteiger partial charge in [0.05, 0.1) is 12.7 Å². The number of nitriles is 1. The van der Waals surface area contributed by atoms with Crippen LogP contribution in [-0.4, -0.2) is 12.6 Å². The summed E-state index contributed by atoms with van der Waals surface area (Å²) in [7, 11) is 0. The van der Waals surface area contributed by atoms with Crippen LogP contribution in [-0.2, 0) is 16.0 Å². The van der Waals surface area contributed by atoms with Crippen LogP contribution in [0.1, 0.15) is 38.2 Å². The summed E-state index contributed by atoms with van der Waals surface area (Å²) in [5.74, 6) is -1.09. The fourth-order valence-corrected chi connectivity index (χ4v) is 3.10. The second-order valence-corrected chi connectivity index (χ2v) is 5.66. The van der Waals surface area contributed by atoms with Gasteiger partial charge in [-0.15, -0.1) is 0 Å². The minimum atomic E-state index is -0.687. The molecule has 0 fully saturated rings. The highest BCUT2D eigenvalue weighted by atomic mass is 16.5. The predicted molar refractivity (Wildman–Crippen MR) is 85.9 cm³/mol. The summed E-state index contributed by atoms with van der Waals surface area (Å²) in [5.41, 5.74) is 2.50. The van der Waals surface area contributed by atoms with Gasteiger partial charge in [-0.3, -0.25) is 4.79 Å². The SMILES string of the molecule is CCOC(=O)C(C#N)[C@H](CCc1ccccc1)C1=CCCC1. The standard InChI is InChI=1S/C19H23NO2/c1-2-22-19(21)18(14-20)17(16-10-6-7-11-16)13-12-15-8-4-3-5-9-15/h3-5,8-10,17-18H,2,6-7,11-13H2,1H3/t17-,18?/m1/s1. The number of allylic oxidation sites excluding steroid dienone is 2. The maximum atomic E-state index is 12.1. The molecule has 0 spiro atoms. The van der Waals surface area contributed by atoms with Gasteiger partial charge in [0.2, 0.25) is 0 Å². The molecule has 1 aliphatic rings. The molecule has 0 N–H and O–H groups in total. The van der Waals surface area contributed by atoms with Crippen LogP contribution >= 0.6 is 0 Å². The molecule has 3 nitrogen and oxygen atoms in total. The largest absolute Gasteiger partial charge is 0.465 e. The second-order valence-electron chi connectivity index (χ2n) is 5.66. The monoisotopic (exact) mass is 297 g/mol. The zero-order valence-corrected chi connectivity index (χ0v) is 13.1. The Kier molecular flexibility index (Phi) is 6.21. The van der Waals surface area contributed by atoms with Crippen molar-refractivity contribution in [1.82, 2.24) is 0 Å². The molecule has 0 saturated heterocycles. The number of aryl methyl sites for hydroxylation is 1.